The van der Waals surface area contributed by atoms with Crippen LogP contribution in [0.25, 0.3) is 0 Å². The van der Waals surface area contributed by atoms with Gasteiger partial charge in [-0.05, 0) is 0 Å². The second-order valence-electron chi connectivity index (χ2n) is 6.65. The molecule has 1 aliphatic rings. The number of β-lactam (4-membered cyclic amide) rings is 1. The smallest absolute Gasteiger partial charge is 0.387 e. The first-order valence-corrected chi connectivity index (χ1v) is 10.6. The Morgan fingerprint density at radius 3 is 2.36 bits per heavy atom. The van der Waals surface area contributed by atoms with Crippen molar-refractivity contribution in [2.24, 2.45) is 5.16 Å². The van der Waals surface area contributed by atoms with Crippen molar-refractivity contribution in [3.63, 3.8) is 0 Å². The number of nitrogen functional groups attached to an aromatic ring is 1. The van der Waals surface area contributed by atoms with Crippen molar-refractivity contribution >= 4 is 97.8 Å². The van der Waals surface area contributed by atoms with Crippen LogP contribution in [0, 0.1) is 0 Å². The number of aldehydes is 1. The molecule has 1 atom stereocenters. The van der Waals surface area contributed by atoms with Crippen LogP contribution < -0.4 is 11.1 Å². The predicted octanol–water partition coefficient (Wildman–Crippen LogP) is -4.40. The van der Waals surface area contributed by atoms with Crippen LogP contribution in [0.5, 0.6) is 0 Å². The summed E-state index contributed by atoms with van der Waals surface area (Å²) in [6.45, 7) is -0.548. The predicted molar refractivity (Wildman–Crippen MR) is 119 cm³/mol. The SMILES string of the molecule is [B]C([B])([B])C1(C([B])([B])[B])[C@H](NC(=O)/C(=N\OCC=O)c2csc(N)n2)C(=O)N1OS(=O)(=O)O. The zero-order valence-corrected chi connectivity index (χ0v) is 18.1. The molecule has 2 amide bonds. The second kappa shape index (κ2) is 9.19. The highest BCUT2D eigenvalue weighted by Crippen LogP contribution is 2.56. The number of aromatic nitrogens is 1. The maximum Gasteiger partial charge on any atom is 0.418 e. The van der Waals surface area contributed by atoms with Crippen molar-refractivity contribution in [1.29, 1.82) is 0 Å². The molecule has 33 heavy (non-hydrogen) atoms. The normalized spacial score (nSPS) is 18.9. The van der Waals surface area contributed by atoms with Crippen molar-refractivity contribution in [1.82, 2.24) is 15.4 Å². The molecule has 0 saturated carbocycles. The molecule has 0 spiro atoms. The Morgan fingerprint density at radius 1 is 1.36 bits per heavy atom. The van der Waals surface area contributed by atoms with E-state index in [9.17, 15) is 22.8 Å². The molecule has 1 aromatic rings. The number of nitrogens with zero attached hydrogens (tertiary/aromatic N) is 3. The van der Waals surface area contributed by atoms with E-state index in [1.807, 2.05) is 0 Å². The van der Waals surface area contributed by atoms with Crippen LogP contribution in [0.15, 0.2) is 10.5 Å². The maximum atomic E-state index is 12.9. The standard InChI is InChI=1S/C12H9B6N5O8S2/c13-11(14,15)10(12(16,17)18)6(8(26)23(10)31-33(27,28)29)21-7(25)5(22-30-2-1-24)4-3-32-9(19)20-4/h1,3,6H,2H2,(H2,19,20)(H,21,25)(H,27,28,29)/b22-5-/t6-/m1/s1. The molecule has 21 heteroatoms. The fourth-order valence-corrected chi connectivity index (χ4v) is 3.96. The lowest BCUT2D eigenvalue weighted by molar-refractivity contribution is -0.226. The van der Waals surface area contributed by atoms with Crippen LogP contribution in [0.2, 0.25) is 10.2 Å². The fourth-order valence-electron chi connectivity index (χ4n) is 3.04. The minimum Gasteiger partial charge on any atom is -0.387 e. The summed E-state index contributed by atoms with van der Waals surface area (Å²) < 4.78 is 35.6. The molecule has 0 unspecified atom stereocenters. The summed E-state index contributed by atoms with van der Waals surface area (Å²) in [6.07, 6.45) is 0.330. The van der Waals surface area contributed by atoms with Crippen LogP contribution >= 0.6 is 11.3 Å². The van der Waals surface area contributed by atoms with E-state index < -0.39 is 56.3 Å². The zero-order valence-electron chi connectivity index (χ0n) is 16.4. The van der Waals surface area contributed by atoms with E-state index in [0.29, 0.717) is 6.29 Å². The van der Waals surface area contributed by atoms with E-state index in [1.165, 1.54) is 5.38 Å². The van der Waals surface area contributed by atoms with E-state index in [0.717, 1.165) is 11.3 Å². The van der Waals surface area contributed by atoms with Gasteiger partial charge in [0.2, 0.25) is 0 Å². The van der Waals surface area contributed by atoms with Crippen molar-refractivity contribution < 1.29 is 36.5 Å². The van der Waals surface area contributed by atoms with Crippen LogP contribution in [-0.2, 0) is 33.9 Å². The summed E-state index contributed by atoms with van der Waals surface area (Å²) in [5.74, 6) is -2.60. The molecule has 0 aromatic carbocycles. The number of amides is 2. The summed E-state index contributed by atoms with van der Waals surface area (Å²) in [5.41, 5.74) is 2.04. The number of hydrogen-bond acceptors (Lipinski definition) is 11. The Bertz CT molecular complexity index is 1070. The molecule has 4 N–H and O–H groups in total. The molecule has 160 valence electrons. The molecular formula is C12H9B6N5O8S2. The number of anilines is 1. The van der Waals surface area contributed by atoms with Crippen LogP contribution in [-0.4, -0.2) is 112 Å². The third kappa shape index (κ3) is 5.15. The van der Waals surface area contributed by atoms with Gasteiger partial charge in [-0.15, -0.1) is 25.8 Å². The number of nitrogens with one attached hydrogen (secondary N) is 1. The van der Waals surface area contributed by atoms with Crippen molar-refractivity contribution in [2.45, 2.75) is 21.8 Å². The van der Waals surface area contributed by atoms with Gasteiger partial charge in [-0.3, -0.25) is 18.9 Å². The molecule has 1 aromatic heterocycles. The largest absolute Gasteiger partial charge is 0.418 e. The molecule has 2 heterocycles. The van der Waals surface area contributed by atoms with Gasteiger partial charge in [-0.25, -0.2) is 4.98 Å². The first-order valence-electron chi connectivity index (χ1n) is 8.37. The van der Waals surface area contributed by atoms with Gasteiger partial charge in [-0.1, -0.05) is 5.16 Å². The summed E-state index contributed by atoms with van der Waals surface area (Å²) in [5, 5.41) is 1.21. The highest BCUT2D eigenvalue weighted by atomic mass is 32.3. The Labute approximate surface area is 199 Å². The zero-order chi connectivity index (χ0) is 25.4. The molecule has 12 radical (unpaired) electrons. The minimum absolute atomic E-state index is 0.0254. The van der Waals surface area contributed by atoms with Crippen molar-refractivity contribution in [3.05, 3.63) is 11.1 Å². The molecule has 0 aliphatic carbocycles. The van der Waals surface area contributed by atoms with Gasteiger partial charge in [0.05, 0.1) is 52.6 Å². The van der Waals surface area contributed by atoms with Crippen LogP contribution in [0.1, 0.15) is 5.69 Å². The highest BCUT2D eigenvalue weighted by molar-refractivity contribution is 7.80. The van der Waals surface area contributed by atoms with Crippen LogP contribution in [0.4, 0.5) is 5.13 Å². The highest BCUT2D eigenvalue weighted by Gasteiger charge is 2.71. The van der Waals surface area contributed by atoms with Gasteiger partial charge in [0.15, 0.2) is 23.7 Å². The number of nitrogens with two attached hydrogens (primary N) is 1. The van der Waals surface area contributed by atoms with Gasteiger partial charge in [0.1, 0.15) is 11.7 Å². The summed E-state index contributed by atoms with van der Waals surface area (Å²) in [7, 11) is 28.7. The number of thiazole rings is 1. The van der Waals surface area contributed by atoms with E-state index in [2.05, 4.69) is 24.6 Å². The number of hydroxylamine groups is 2. The van der Waals surface area contributed by atoms with Gasteiger partial charge in [-0.2, -0.15) is 13.5 Å². The number of oxime groups is 1. The van der Waals surface area contributed by atoms with E-state index in [-0.39, 0.29) is 15.9 Å². The maximum absolute atomic E-state index is 12.9. The van der Waals surface area contributed by atoms with Gasteiger partial charge in [0, 0.05) is 5.38 Å². The topological polar surface area (TPSA) is 191 Å². The number of carbonyl (C=O) groups excluding carboxylic acids is 3. The molecule has 1 aliphatic heterocycles. The lowest BCUT2D eigenvalue weighted by Crippen LogP contribution is -2.87. The Hall–Kier alpha value is -2.23. The minimum atomic E-state index is -5.37. The van der Waals surface area contributed by atoms with E-state index in [4.69, 9.17) is 57.4 Å². The number of rotatable bonds is 10. The van der Waals surface area contributed by atoms with E-state index >= 15 is 0 Å². The van der Waals surface area contributed by atoms with Crippen LogP contribution in [0.3, 0.4) is 0 Å². The van der Waals surface area contributed by atoms with E-state index in [1.54, 1.807) is 0 Å². The monoisotopic (exact) mass is 481 g/mol. The van der Waals surface area contributed by atoms with Crippen molar-refractivity contribution in [3.8, 4) is 0 Å². The first kappa shape index (κ1) is 27.0. The molecule has 13 nitrogen and oxygen atoms in total. The number of hydrogen-bond donors (Lipinski definition) is 3. The van der Waals surface area contributed by atoms with Gasteiger partial charge < -0.3 is 15.9 Å². The molecule has 0 bridgehead atoms. The third-order valence-electron chi connectivity index (χ3n) is 4.23. The van der Waals surface area contributed by atoms with Gasteiger partial charge >= 0.3 is 10.4 Å². The lowest BCUT2D eigenvalue weighted by atomic mass is 9.19. The third-order valence-corrected chi connectivity index (χ3v) is 5.24. The second-order valence-corrected chi connectivity index (χ2v) is 8.54. The van der Waals surface area contributed by atoms with Gasteiger partial charge in [0.25, 0.3) is 11.8 Å². The fraction of sp³-hybridized carbons (Fsp3) is 0.417. The first-order chi connectivity index (χ1) is 15.0. The summed E-state index contributed by atoms with van der Waals surface area (Å²) in [6, 6.07) is -2.03. The summed E-state index contributed by atoms with van der Waals surface area (Å²) in [4.78, 5) is 44.5. The number of carbonyl (C=O) groups is 3. The lowest BCUT2D eigenvalue weighted by Gasteiger charge is -2.68. The molecular weight excluding hydrogens is 471 g/mol. The Morgan fingerprint density at radius 2 is 1.94 bits per heavy atom. The van der Waals surface area contributed by atoms with Crippen molar-refractivity contribution in [2.75, 3.05) is 12.3 Å². The Balaban J connectivity index is 2.53. The quantitative estimate of drug-likeness (QED) is 0.0561. The molecule has 1 fully saturated rings. The molecule has 2 rings (SSSR count). The molecule has 1 saturated heterocycles. The average molecular weight is 480 g/mol. The summed E-state index contributed by atoms with van der Waals surface area (Å²) >= 11 is 0.915. The average Bonchev–Trinajstić information content (AvgIpc) is 3.06. The Kier molecular flexibility index (Phi) is 7.53.